The van der Waals surface area contributed by atoms with Crippen LogP contribution in [0.1, 0.15) is 6.42 Å². The fraction of sp³-hybridized carbons (Fsp3) is 0.385. The van der Waals surface area contributed by atoms with Crippen LogP contribution in [0.3, 0.4) is 0 Å². The minimum atomic E-state index is -0.371. The Labute approximate surface area is 119 Å². The van der Waals surface area contributed by atoms with Gasteiger partial charge in [-0.05, 0) is 12.5 Å². The number of nitrogens with one attached hydrogen (secondary N) is 3. The Morgan fingerprint density at radius 1 is 1.33 bits per heavy atom. The second kappa shape index (κ2) is 4.44. The fourth-order valence-corrected chi connectivity index (χ4v) is 3.02. The average Bonchev–Trinajstić information content (AvgIpc) is 3.10. The zero-order chi connectivity index (χ0) is 14.4. The molecule has 2 saturated heterocycles. The third kappa shape index (κ3) is 1.91. The van der Waals surface area contributed by atoms with E-state index in [1.165, 1.54) is 6.33 Å². The van der Waals surface area contributed by atoms with Crippen molar-refractivity contribution in [3.63, 3.8) is 0 Å². The van der Waals surface area contributed by atoms with Gasteiger partial charge in [-0.3, -0.25) is 9.59 Å². The van der Waals surface area contributed by atoms with Gasteiger partial charge in [0.25, 0.3) is 0 Å². The van der Waals surface area contributed by atoms with E-state index in [-0.39, 0.29) is 30.4 Å². The first-order valence-electron chi connectivity index (χ1n) is 6.84. The smallest absolute Gasteiger partial charge is 0.243 e. The number of hydrogen-bond donors (Lipinski definition) is 3. The van der Waals surface area contributed by atoms with E-state index in [1.54, 1.807) is 11.1 Å². The molecule has 0 bridgehead atoms. The number of nitrogens with zero attached hydrogens (tertiary/aromatic N) is 3. The Hall–Kier alpha value is -2.64. The second-order valence-electron chi connectivity index (χ2n) is 5.32. The standard InChI is InChI=1S/C13H14N6O2/c20-10-4-15-13(21)9-3-7(5-19(9)10)18-12-11-8(1-2-14-11)16-6-17-12/h1-2,6-7,9,14H,3-5H2,(H,15,21)(H,16,17,18)/t7-,9+/m1/s1. The van der Waals surface area contributed by atoms with Crippen LogP contribution in [0.25, 0.3) is 11.0 Å². The number of carbonyl (C=O) groups excluding carboxylic acids is 2. The first-order valence-corrected chi connectivity index (χ1v) is 6.84. The van der Waals surface area contributed by atoms with Crippen molar-refractivity contribution in [3.05, 3.63) is 18.6 Å². The summed E-state index contributed by atoms with van der Waals surface area (Å²) in [5, 5.41) is 5.93. The zero-order valence-corrected chi connectivity index (χ0v) is 11.2. The monoisotopic (exact) mass is 286 g/mol. The normalized spacial score (nSPS) is 25.0. The van der Waals surface area contributed by atoms with Gasteiger partial charge in [0.05, 0.1) is 12.1 Å². The number of aromatic nitrogens is 3. The Morgan fingerprint density at radius 3 is 3.10 bits per heavy atom. The minimum absolute atomic E-state index is 0.00389. The van der Waals surface area contributed by atoms with E-state index < -0.39 is 0 Å². The molecule has 0 aliphatic carbocycles. The van der Waals surface area contributed by atoms with Gasteiger partial charge in [0, 0.05) is 18.8 Å². The van der Waals surface area contributed by atoms with Gasteiger partial charge >= 0.3 is 0 Å². The summed E-state index contributed by atoms with van der Waals surface area (Å²) in [6.45, 7) is 0.611. The highest BCUT2D eigenvalue weighted by molar-refractivity contribution is 5.95. The molecule has 2 aromatic rings. The largest absolute Gasteiger partial charge is 0.364 e. The van der Waals surface area contributed by atoms with Crippen LogP contribution >= 0.6 is 0 Å². The molecule has 0 radical (unpaired) electrons. The molecule has 2 aromatic heterocycles. The molecule has 2 aliphatic heterocycles. The van der Waals surface area contributed by atoms with Gasteiger partial charge in [0.15, 0.2) is 5.82 Å². The summed E-state index contributed by atoms with van der Waals surface area (Å²) in [4.78, 5) is 36.8. The predicted molar refractivity (Wildman–Crippen MR) is 74.4 cm³/mol. The van der Waals surface area contributed by atoms with E-state index in [0.29, 0.717) is 18.8 Å². The Balaban J connectivity index is 1.57. The molecule has 8 heteroatoms. The van der Waals surface area contributed by atoms with Crippen molar-refractivity contribution >= 4 is 28.7 Å². The van der Waals surface area contributed by atoms with Crippen LogP contribution in [0.15, 0.2) is 18.6 Å². The molecule has 2 aliphatic rings. The first-order chi connectivity index (χ1) is 10.2. The lowest BCUT2D eigenvalue weighted by molar-refractivity contribution is -0.143. The Kier molecular flexibility index (Phi) is 2.56. The molecular formula is C13H14N6O2. The summed E-state index contributed by atoms with van der Waals surface area (Å²) in [5.74, 6) is 0.589. The summed E-state index contributed by atoms with van der Waals surface area (Å²) in [6.07, 6.45) is 3.89. The number of rotatable bonds is 2. The van der Waals surface area contributed by atoms with Crippen molar-refractivity contribution in [2.24, 2.45) is 0 Å². The maximum atomic E-state index is 11.8. The SMILES string of the molecule is O=C1NCC(=O)N2C[C@H](Nc3ncnc4cc[nH]c34)C[C@@H]12. The average molecular weight is 286 g/mol. The lowest BCUT2D eigenvalue weighted by Gasteiger charge is -2.28. The summed E-state index contributed by atoms with van der Waals surface area (Å²) in [5.41, 5.74) is 1.66. The molecule has 0 unspecified atom stereocenters. The summed E-state index contributed by atoms with van der Waals surface area (Å²) in [6, 6.07) is 1.51. The van der Waals surface area contributed by atoms with Gasteiger partial charge in [-0.1, -0.05) is 0 Å². The van der Waals surface area contributed by atoms with E-state index in [1.807, 2.05) is 6.07 Å². The van der Waals surface area contributed by atoms with Crippen LogP contribution in [0, 0.1) is 0 Å². The number of piperazine rings is 1. The maximum absolute atomic E-state index is 11.8. The molecule has 2 amide bonds. The van der Waals surface area contributed by atoms with Gasteiger partial charge in [-0.25, -0.2) is 9.97 Å². The topological polar surface area (TPSA) is 103 Å². The second-order valence-corrected chi connectivity index (χ2v) is 5.32. The van der Waals surface area contributed by atoms with E-state index in [9.17, 15) is 9.59 Å². The van der Waals surface area contributed by atoms with E-state index in [4.69, 9.17) is 0 Å². The Morgan fingerprint density at radius 2 is 2.24 bits per heavy atom. The van der Waals surface area contributed by atoms with Crippen molar-refractivity contribution in [1.29, 1.82) is 0 Å². The summed E-state index contributed by atoms with van der Waals surface area (Å²) >= 11 is 0. The summed E-state index contributed by atoms with van der Waals surface area (Å²) in [7, 11) is 0. The van der Waals surface area contributed by atoms with Crippen LogP contribution in [-0.2, 0) is 9.59 Å². The lowest BCUT2D eigenvalue weighted by Crippen LogP contribution is -2.55. The molecule has 21 heavy (non-hydrogen) atoms. The third-order valence-corrected chi connectivity index (χ3v) is 4.02. The molecule has 4 rings (SSSR count). The van der Waals surface area contributed by atoms with Gasteiger partial charge in [0.1, 0.15) is 17.9 Å². The van der Waals surface area contributed by atoms with Crippen molar-refractivity contribution in [2.45, 2.75) is 18.5 Å². The molecular weight excluding hydrogens is 272 g/mol. The van der Waals surface area contributed by atoms with Gasteiger partial charge < -0.3 is 20.5 Å². The number of carbonyl (C=O) groups is 2. The van der Waals surface area contributed by atoms with Crippen molar-refractivity contribution in [1.82, 2.24) is 25.2 Å². The summed E-state index contributed by atoms with van der Waals surface area (Å²) < 4.78 is 0. The van der Waals surface area contributed by atoms with Crippen LogP contribution in [0.2, 0.25) is 0 Å². The Bertz CT molecular complexity index is 702. The molecule has 3 N–H and O–H groups in total. The number of aromatic amines is 1. The highest BCUT2D eigenvalue weighted by Crippen LogP contribution is 2.25. The molecule has 0 aromatic carbocycles. The molecule has 108 valence electrons. The van der Waals surface area contributed by atoms with Crippen molar-refractivity contribution < 1.29 is 9.59 Å². The van der Waals surface area contributed by atoms with Gasteiger partial charge in [-0.15, -0.1) is 0 Å². The quantitative estimate of drug-likeness (QED) is 0.688. The maximum Gasteiger partial charge on any atom is 0.243 e. The number of fused-ring (bicyclic) bond motifs is 2. The van der Waals surface area contributed by atoms with Crippen molar-refractivity contribution in [2.75, 3.05) is 18.4 Å². The van der Waals surface area contributed by atoms with E-state index >= 15 is 0 Å². The number of amides is 2. The molecule has 8 nitrogen and oxygen atoms in total. The number of anilines is 1. The van der Waals surface area contributed by atoms with E-state index in [0.717, 1.165) is 11.0 Å². The molecule has 0 spiro atoms. The number of hydrogen-bond acceptors (Lipinski definition) is 5. The molecule has 4 heterocycles. The highest BCUT2D eigenvalue weighted by Gasteiger charge is 2.42. The fourth-order valence-electron chi connectivity index (χ4n) is 3.02. The van der Waals surface area contributed by atoms with E-state index in [2.05, 4.69) is 25.6 Å². The zero-order valence-electron chi connectivity index (χ0n) is 11.2. The van der Waals surface area contributed by atoms with Crippen LogP contribution in [0.5, 0.6) is 0 Å². The predicted octanol–water partition coefficient (Wildman–Crippen LogP) is -0.531. The molecule has 0 saturated carbocycles. The minimum Gasteiger partial charge on any atom is -0.364 e. The van der Waals surface area contributed by atoms with Crippen LogP contribution in [0.4, 0.5) is 5.82 Å². The first kappa shape index (κ1) is 12.1. The van der Waals surface area contributed by atoms with Gasteiger partial charge in [0.2, 0.25) is 11.8 Å². The van der Waals surface area contributed by atoms with Crippen LogP contribution < -0.4 is 10.6 Å². The highest BCUT2D eigenvalue weighted by atomic mass is 16.2. The lowest BCUT2D eigenvalue weighted by atomic mass is 10.1. The third-order valence-electron chi connectivity index (χ3n) is 4.02. The molecule has 2 atom stereocenters. The molecule has 2 fully saturated rings. The van der Waals surface area contributed by atoms with Crippen molar-refractivity contribution in [3.8, 4) is 0 Å². The number of H-pyrrole nitrogens is 1. The van der Waals surface area contributed by atoms with Gasteiger partial charge in [-0.2, -0.15) is 0 Å². The van der Waals surface area contributed by atoms with Crippen LogP contribution in [-0.4, -0.2) is 56.8 Å².